The van der Waals surface area contributed by atoms with Crippen molar-refractivity contribution in [2.45, 2.75) is 13.8 Å². The van der Waals surface area contributed by atoms with Crippen LogP contribution in [0.5, 0.6) is 0 Å². The van der Waals surface area contributed by atoms with Gasteiger partial charge in [0, 0.05) is 6.54 Å². The molecule has 0 heterocycles. The second-order valence-electron chi connectivity index (χ2n) is 3.00. The highest BCUT2D eigenvalue weighted by molar-refractivity contribution is 7.90. The molecule has 0 saturated heterocycles. The summed E-state index contributed by atoms with van der Waals surface area (Å²) in [5.74, 6) is 0. The van der Waals surface area contributed by atoms with E-state index in [4.69, 9.17) is 5.14 Å². The molecule has 1 rings (SSSR count). The van der Waals surface area contributed by atoms with Crippen molar-refractivity contribution >= 4 is 15.9 Å². The summed E-state index contributed by atoms with van der Waals surface area (Å²) in [7, 11) is -3.66. The van der Waals surface area contributed by atoms with Gasteiger partial charge in [-0.2, -0.15) is 8.42 Å². The number of aryl methyl sites for hydroxylation is 1. The van der Waals surface area contributed by atoms with Crippen molar-refractivity contribution in [2.24, 2.45) is 5.14 Å². The van der Waals surface area contributed by atoms with E-state index < -0.39 is 10.2 Å². The van der Waals surface area contributed by atoms with Crippen LogP contribution in [0.3, 0.4) is 0 Å². The Hall–Kier alpha value is -1.07. The number of para-hydroxylation sites is 1. The largest absolute Gasteiger partial charge is 0.298 e. The third-order valence-electron chi connectivity index (χ3n) is 1.98. The number of anilines is 1. The SMILES string of the molecule is CCN(c1ccccc1C)S(N)(=O)=O. The van der Waals surface area contributed by atoms with Crippen molar-refractivity contribution < 1.29 is 8.42 Å². The predicted molar refractivity (Wildman–Crippen MR) is 57.3 cm³/mol. The molecule has 0 amide bonds. The molecule has 0 saturated carbocycles. The first-order valence-corrected chi connectivity index (χ1v) is 5.83. The Morgan fingerprint density at radius 2 is 1.93 bits per heavy atom. The maximum atomic E-state index is 11.2. The quantitative estimate of drug-likeness (QED) is 0.816. The Morgan fingerprint density at radius 1 is 1.36 bits per heavy atom. The maximum absolute atomic E-state index is 11.2. The van der Waals surface area contributed by atoms with Crippen LogP contribution in [0, 0.1) is 6.92 Å². The van der Waals surface area contributed by atoms with E-state index in [1.54, 1.807) is 19.1 Å². The molecular weight excluding hydrogens is 200 g/mol. The highest BCUT2D eigenvalue weighted by Gasteiger charge is 2.16. The maximum Gasteiger partial charge on any atom is 0.298 e. The minimum Gasteiger partial charge on any atom is -0.258 e. The van der Waals surface area contributed by atoms with Crippen LogP contribution >= 0.6 is 0 Å². The van der Waals surface area contributed by atoms with Crippen LogP contribution in [0.15, 0.2) is 24.3 Å². The van der Waals surface area contributed by atoms with E-state index in [0.29, 0.717) is 12.2 Å². The number of nitrogens with zero attached hydrogens (tertiary/aromatic N) is 1. The van der Waals surface area contributed by atoms with Crippen molar-refractivity contribution in [2.75, 3.05) is 10.8 Å². The summed E-state index contributed by atoms with van der Waals surface area (Å²) in [5, 5.41) is 5.09. The van der Waals surface area contributed by atoms with Gasteiger partial charge >= 0.3 is 0 Å². The lowest BCUT2D eigenvalue weighted by molar-refractivity contribution is 0.593. The van der Waals surface area contributed by atoms with E-state index in [1.807, 2.05) is 19.1 Å². The molecule has 0 aliphatic heterocycles. The van der Waals surface area contributed by atoms with Gasteiger partial charge in [-0.1, -0.05) is 18.2 Å². The second kappa shape index (κ2) is 3.98. The second-order valence-corrected chi connectivity index (χ2v) is 4.47. The Kier molecular flexibility index (Phi) is 3.13. The van der Waals surface area contributed by atoms with Gasteiger partial charge in [0.15, 0.2) is 0 Å². The number of hydrogen-bond acceptors (Lipinski definition) is 2. The molecule has 0 unspecified atom stereocenters. The predicted octanol–water partition coefficient (Wildman–Crippen LogP) is 1.02. The number of benzene rings is 1. The number of rotatable bonds is 3. The van der Waals surface area contributed by atoms with Crippen LogP contribution in [-0.4, -0.2) is 15.0 Å². The van der Waals surface area contributed by atoms with Crippen LogP contribution in [0.1, 0.15) is 12.5 Å². The van der Waals surface area contributed by atoms with E-state index in [2.05, 4.69) is 0 Å². The number of nitrogens with two attached hydrogens (primary N) is 1. The molecule has 2 N–H and O–H groups in total. The molecule has 1 aromatic carbocycles. The standard InChI is InChI=1S/C9H14N2O2S/c1-3-11(14(10,12)13)9-7-5-4-6-8(9)2/h4-7H,3H2,1-2H3,(H2,10,12,13). The molecule has 0 spiro atoms. The fourth-order valence-corrected chi connectivity index (χ4v) is 2.17. The minimum atomic E-state index is -3.66. The summed E-state index contributed by atoms with van der Waals surface area (Å²) in [6.45, 7) is 3.93. The van der Waals surface area contributed by atoms with Gasteiger partial charge in [0.05, 0.1) is 5.69 Å². The highest BCUT2D eigenvalue weighted by atomic mass is 32.2. The Bertz CT molecular complexity index is 415. The summed E-state index contributed by atoms with van der Waals surface area (Å²) in [4.78, 5) is 0. The third-order valence-corrected chi connectivity index (χ3v) is 3.05. The lowest BCUT2D eigenvalue weighted by atomic mass is 10.2. The molecule has 14 heavy (non-hydrogen) atoms. The fraction of sp³-hybridized carbons (Fsp3) is 0.333. The zero-order chi connectivity index (χ0) is 10.8. The Morgan fingerprint density at radius 3 is 2.36 bits per heavy atom. The third kappa shape index (κ3) is 2.24. The number of hydrogen-bond donors (Lipinski definition) is 1. The van der Waals surface area contributed by atoms with Crippen molar-refractivity contribution in [3.8, 4) is 0 Å². The molecule has 5 heteroatoms. The summed E-state index contributed by atoms with van der Waals surface area (Å²) in [6.07, 6.45) is 0. The first kappa shape index (κ1) is 11.0. The molecule has 0 aliphatic rings. The zero-order valence-electron chi connectivity index (χ0n) is 8.27. The average Bonchev–Trinajstić information content (AvgIpc) is 2.07. The summed E-state index contributed by atoms with van der Waals surface area (Å²) >= 11 is 0. The van der Waals surface area contributed by atoms with E-state index in [9.17, 15) is 8.42 Å². The molecule has 0 aromatic heterocycles. The fourth-order valence-electron chi connectivity index (χ4n) is 1.33. The topological polar surface area (TPSA) is 63.4 Å². The van der Waals surface area contributed by atoms with Gasteiger partial charge in [-0.05, 0) is 25.5 Å². The Balaban J connectivity index is 3.21. The molecule has 0 aliphatic carbocycles. The van der Waals surface area contributed by atoms with Gasteiger partial charge in [0.1, 0.15) is 0 Å². The van der Waals surface area contributed by atoms with Gasteiger partial charge in [-0.25, -0.2) is 5.14 Å². The molecule has 0 atom stereocenters. The van der Waals surface area contributed by atoms with Gasteiger partial charge in [-0.15, -0.1) is 0 Å². The van der Waals surface area contributed by atoms with Crippen molar-refractivity contribution in [3.63, 3.8) is 0 Å². The monoisotopic (exact) mass is 214 g/mol. The van der Waals surface area contributed by atoms with E-state index in [1.165, 1.54) is 4.31 Å². The van der Waals surface area contributed by atoms with Crippen LogP contribution < -0.4 is 9.44 Å². The molecule has 4 nitrogen and oxygen atoms in total. The first-order valence-electron chi connectivity index (χ1n) is 4.33. The summed E-state index contributed by atoms with van der Waals surface area (Å²) in [5.41, 5.74) is 1.53. The normalized spacial score (nSPS) is 11.4. The molecular formula is C9H14N2O2S. The van der Waals surface area contributed by atoms with E-state index >= 15 is 0 Å². The van der Waals surface area contributed by atoms with Gasteiger partial charge in [0.2, 0.25) is 0 Å². The molecule has 0 bridgehead atoms. The average molecular weight is 214 g/mol. The minimum absolute atomic E-state index is 0.337. The lowest BCUT2D eigenvalue weighted by Gasteiger charge is -2.21. The summed E-state index contributed by atoms with van der Waals surface area (Å²) < 4.78 is 23.6. The Labute approximate surface area is 84.5 Å². The summed E-state index contributed by atoms with van der Waals surface area (Å²) in [6, 6.07) is 7.23. The van der Waals surface area contributed by atoms with Crippen molar-refractivity contribution in [1.82, 2.24) is 0 Å². The van der Waals surface area contributed by atoms with E-state index in [0.717, 1.165) is 5.56 Å². The molecule has 0 radical (unpaired) electrons. The molecule has 0 fully saturated rings. The van der Waals surface area contributed by atoms with Gasteiger partial charge in [0.25, 0.3) is 10.2 Å². The zero-order valence-corrected chi connectivity index (χ0v) is 9.08. The molecule has 1 aromatic rings. The van der Waals surface area contributed by atoms with Gasteiger partial charge < -0.3 is 0 Å². The lowest BCUT2D eigenvalue weighted by Crippen LogP contribution is -2.36. The van der Waals surface area contributed by atoms with Crippen molar-refractivity contribution in [3.05, 3.63) is 29.8 Å². The van der Waals surface area contributed by atoms with Gasteiger partial charge in [-0.3, -0.25) is 4.31 Å². The van der Waals surface area contributed by atoms with Crippen LogP contribution in [0.25, 0.3) is 0 Å². The smallest absolute Gasteiger partial charge is 0.258 e. The van der Waals surface area contributed by atoms with Crippen LogP contribution in [0.2, 0.25) is 0 Å². The highest BCUT2D eigenvalue weighted by Crippen LogP contribution is 2.20. The van der Waals surface area contributed by atoms with E-state index in [-0.39, 0.29) is 0 Å². The van der Waals surface area contributed by atoms with Crippen molar-refractivity contribution in [1.29, 1.82) is 0 Å². The van der Waals surface area contributed by atoms with Crippen LogP contribution in [-0.2, 0) is 10.2 Å². The molecule has 78 valence electrons. The van der Waals surface area contributed by atoms with Crippen LogP contribution in [0.4, 0.5) is 5.69 Å². The first-order chi connectivity index (χ1) is 6.46.